The molecule has 130 valence electrons. The number of nitrogens with zero attached hydrogens (tertiary/aromatic N) is 2. The Morgan fingerprint density at radius 2 is 1.96 bits per heavy atom. The first-order valence-corrected chi connectivity index (χ1v) is 8.50. The number of nitrogens with one attached hydrogen (secondary N) is 2. The SMILES string of the molecule is C[C@@H](NC(=O)c1cccnc1)C(=O)Nc1cccc(N2CCCC2)c1. The number of aromatic nitrogens is 1. The molecule has 0 aliphatic carbocycles. The molecule has 1 atom stereocenters. The first-order valence-electron chi connectivity index (χ1n) is 8.50. The highest BCUT2D eigenvalue weighted by atomic mass is 16.2. The Morgan fingerprint density at radius 1 is 1.16 bits per heavy atom. The van der Waals surface area contributed by atoms with Gasteiger partial charge in [-0.25, -0.2) is 0 Å². The van der Waals surface area contributed by atoms with Crippen molar-refractivity contribution < 1.29 is 9.59 Å². The van der Waals surface area contributed by atoms with Crippen molar-refractivity contribution >= 4 is 23.2 Å². The monoisotopic (exact) mass is 338 g/mol. The number of anilines is 2. The van der Waals surface area contributed by atoms with Gasteiger partial charge in [-0.1, -0.05) is 6.07 Å². The molecule has 6 nitrogen and oxygen atoms in total. The lowest BCUT2D eigenvalue weighted by Gasteiger charge is -2.19. The molecule has 0 bridgehead atoms. The van der Waals surface area contributed by atoms with Gasteiger partial charge >= 0.3 is 0 Å². The Hall–Kier alpha value is -2.89. The van der Waals surface area contributed by atoms with Gasteiger partial charge in [0.1, 0.15) is 6.04 Å². The number of hydrogen-bond acceptors (Lipinski definition) is 4. The van der Waals surface area contributed by atoms with Crippen molar-refractivity contribution in [2.45, 2.75) is 25.8 Å². The van der Waals surface area contributed by atoms with Gasteiger partial charge in [-0.15, -0.1) is 0 Å². The maximum atomic E-state index is 12.4. The molecule has 25 heavy (non-hydrogen) atoms. The number of hydrogen-bond donors (Lipinski definition) is 2. The summed E-state index contributed by atoms with van der Waals surface area (Å²) in [6.45, 7) is 3.76. The van der Waals surface area contributed by atoms with Gasteiger partial charge in [0.25, 0.3) is 5.91 Å². The molecule has 3 rings (SSSR count). The van der Waals surface area contributed by atoms with Gasteiger partial charge in [0, 0.05) is 36.9 Å². The Labute approximate surface area is 147 Å². The molecule has 1 aliphatic heterocycles. The Balaban J connectivity index is 1.59. The summed E-state index contributed by atoms with van der Waals surface area (Å²) in [5.41, 5.74) is 2.28. The van der Waals surface area contributed by atoms with E-state index in [1.807, 2.05) is 18.2 Å². The third kappa shape index (κ3) is 4.35. The first kappa shape index (κ1) is 17.0. The smallest absolute Gasteiger partial charge is 0.253 e. The van der Waals surface area contributed by atoms with Gasteiger partial charge in [-0.05, 0) is 50.1 Å². The van der Waals surface area contributed by atoms with E-state index < -0.39 is 6.04 Å². The standard InChI is InChI=1S/C19H22N4O2/c1-14(21-19(25)15-6-5-9-20-13-15)18(24)22-16-7-4-8-17(12-16)23-10-2-3-11-23/h4-9,12-14H,2-3,10-11H2,1H3,(H,21,25)(H,22,24)/t14-/m1/s1. The number of carbonyl (C=O) groups excluding carboxylic acids is 2. The maximum absolute atomic E-state index is 12.4. The van der Waals surface area contributed by atoms with Crippen molar-refractivity contribution in [1.82, 2.24) is 10.3 Å². The molecule has 0 radical (unpaired) electrons. The van der Waals surface area contributed by atoms with Crippen LogP contribution < -0.4 is 15.5 Å². The van der Waals surface area contributed by atoms with Gasteiger partial charge in [0.05, 0.1) is 5.56 Å². The van der Waals surface area contributed by atoms with E-state index in [2.05, 4.69) is 26.6 Å². The average Bonchev–Trinajstić information content (AvgIpc) is 3.17. The summed E-state index contributed by atoms with van der Waals surface area (Å²) in [6, 6.07) is 10.5. The second kappa shape index (κ2) is 7.79. The molecule has 1 aromatic heterocycles. The highest BCUT2D eigenvalue weighted by Gasteiger charge is 2.18. The van der Waals surface area contributed by atoms with Gasteiger partial charge in [-0.3, -0.25) is 14.6 Å². The van der Waals surface area contributed by atoms with Crippen LogP contribution in [0.3, 0.4) is 0 Å². The van der Waals surface area contributed by atoms with Gasteiger partial charge in [0.15, 0.2) is 0 Å². The van der Waals surface area contributed by atoms with E-state index in [1.54, 1.807) is 25.3 Å². The fourth-order valence-corrected chi connectivity index (χ4v) is 2.85. The zero-order valence-electron chi connectivity index (χ0n) is 14.2. The molecular weight excluding hydrogens is 316 g/mol. The molecule has 6 heteroatoms. The Kier molecular flexibility index (Phi) is 5.28. The van der Waals surface area contributed by atoms with Crippen LogP contribution in [-0.4, -0.2) is 35.9 Å². The number of carbonyl (C=O) groups is 2. The van der Waals surface area contributed by atoms with Crippen LogP contribution in [0.5, 0.6) is 0 Å². The third-order valence-corrected chi connectivity index (χ3v) is 4.25. The molecule has 0 spiro atoms. The fraction of sp³-hybridized carbons (Fsp3) is 0.316. The van der Waals surface area contributed by atoms with Crippen LogP contribution in [0.25, 0.3) is 0 Å². The second-order valence-electron chi connectivity index (χ2n) is 6.17. The van der Waals surface area contributed by atoms with Gasteiger partial charge in [-0.2, -0.15) is 0 Å². The predicted molar refractivity (Wildman–Crippen MR) is 97.7 cm³/mol. The minimum absolute atomic E-state index is 0.254. The van der Waals surface area contributed by atoms with Crippen LogP contribution >= 0.6 is 0 Å². The second-order valence-corrected chi connectivity index (χ2v) is 6.17. The lowest BCUT2D eigenvalue weighted by atomic mass is 10.2. The van der Waals surface area contributed by atoms with Crippen molar-refractivity contribution in [2.75, 3.05) is 23.3 Å². The number of pyridine rings is 1. The summed E-state index contributed by atoms with van der Waals surface area (Å²) < 4.78 is 0. The fourth-order valence-electron chi connectivity index (χ4n) is 2.85. The molecule has 2 heterocycles. The van der Waals surface area contributed by atoms with Gasteiger partial charge in [0.2, 0.25) is 5.91 Å². The maximum Gasteiger partial charge on any atom is 0.253 e. The quantitative estimate of drug-likeness (QED) is 0.878. The van der Waals surface area contributed by atoms with Crippen molar-refractivity contribution in [3.8, 4) is 0 Å². The lowest BCUT2D eigenvalue weighted by Crippen LogP contribution is -2.41. The minimum atomic E-state index is -0.650. The summed E-state index contributed by atoms with van der Waals surface area (Å²) in [5.74, 6) is -0.572. The predicted octanol–water partition coefficient (Wildman–Crippen LogP) is 2.44. The van der Waals surface area contributed by atoms with E-state index in [0.717, 1.165) is 24.5 Å². The van der Waals surface area contributed by atoms with Crippen LogP contribution in [0.2, 0.25) is 0 Å². The molecule has 2 aromatic rings. The van der Waals surface area contributed by atoms with Crippen molar-refractivity contribution in [3.63, 3.8) is 0 Å². The molecule has 0 unspecified atom stereocenters. The van der Waals surface area contributed by atoms with E-state index in [9.17, 15) is 9.59 Å². The molecule has 1 aliphatic rings. The lowest BCUT2D eigenvalue weighted by molar-refractivity contribution is -0.117. The Morgan fingerprint density at radius 3 is 2.68 bits per heavy atom. The molecule has 2 N–H and O–H groups in total. The van der Waals surface area contributed by atoms with Crippen LogP contribution in [0.1, 0.15) is 30.1 Å². The molecule has 0 saturated carbocycles. The van der Waals surface area contributed by atoms with Crippen molar-refractivity contribution in [3.05, 3.63) is 54.4 Å². The number of benzene rings is 1. The molecule has 1 saturated heterocycles. The van der Waals surface area contributed by atoms with Crippen LogP contribution in [-0.2, 0) is 4.79 Å². The van der Waals surface area contributed by atoms with Crippen LogP contribution in [0.15, 0.2) is 48.8 Å². The van der Waals surface area contributed by atoms with E-state index in [-0.39, 0.29) is 11.8 Å². The van der Waals surface area contributed by atoms with Crippen LogP contribution in [0.4, 0.5) is 11.4 Å². The minimum Gasteiger partial charge on any atom is -0.371 e. The van der Waals surface area contributed by atoms with Crippen molar-refractivity contribution in [2.24, 2.45) is 0 Å². The highest BCUT2D eigenvalue weighted by molar-refractivity contribution is 6.00. The summed E-state index contributed by atoms with van der Waals surface area (Å²) in [4.78, 5) is 30.7. The molecule has 1 aromatic carbocycles. The molecule has 1 fully saturated rings. The zero-order valence-corrected chi connectivity index (χ0v) is 14.2. The largest absolute Gasteiger partial charge is 0.371 e. The summed E-state index contributed by atoms with van der Waals surface area (Å²) >= 11 is 0. The van der Waals surface area contributed by atoms with E-state index in [0.29, 0.717) is 5.56 Å². The number of rotatable bonds is 5. The van der Waals surface area contributed by atoms with Crippen LogP contribution in [0, 0.1) is 0 Å². The van der Waals surface area contributed by atoms with Crippen molar-refractivity contribution in [1.29, 1.82) is 0 Å². The highest BCUT2D eigenvalue weighted by Crippen LogP contribution is 2.23. The van der Waals surface area contributed by atoms with E-state index >= 15 is 0 Å². The van der Waals surface area contributed by atoms with E-state index in [1.165, 1.54) is 19.0 Å². The van der Waals surface area contributed by atoms with E-state index in [4.69, 9.17) is 0 Å². The topological polar surface area (TPSA) is 74.3 Å². The average molecular weight is 338 g/mol. The molecular formula is C19H22N4O2. The molecule has 2 amide bonds. The summed E-state index contributed by atoms with van der Waals surface area (Å²) in [7, 11) is 0. The Bertz CT molecular complexity index is 742. The zero-order chi connectivity index (χ0) is 17.6. The number of amides is 2. The third-order valence-electron chi connectivity index (χ3n) is 4.25. The summed E-state index contributed by atoms with van der Waals surface area (Å²) in [5, 5.41) is 5.55. The first-order chi connectivity index (χ1) is 12.1. The summed E-state index contributed by atoms with van der Waals surface area (Å²) in [6.07, 6.45) is 5.47. The normalized spacial score (nSPS) is 14.8. The van der Waals surface area contributed by atoms with Gasteiger partial charge < -0.3 is 15.5 Å².